The van der Waals surface area contributed by atoms with Crippen molar-refractivity contribution in [2.24, 2.45) is 0 Å². The molecule has 0 aromatic heterocycles. The lowest BCUT2D eigenvalue weighted by Crippen LogP contribution is -2.49. The van der Waals surface area contributed by atoms with Gasteiger partial charge in [0.2, 0.25) is 0 Å². The van der Waals surface area contributed by atoms with Crippen LogP contribution in [0.5, 0.6) is 0 Å². The fraction of sp³-hybridized carbons (Fsp3) is 0.500. The second-order valence-electron chi connectivity index (χ2n) is 4.14. The van der Waals surface area contributed by atoms with Crippen LogP contribution in [0.1, 0.15) is 11.6 Å². The van der Waals surface area contributed by atoms with Crippen LogP contribution in [0.4, 0.5) is 13.2 Å². The van der Waals surface area contributed by atoms with Gasteiger partial charge in [0.15, 0.2) is 0 Å². The molecule has 5 heteroatoms. The van der Waals surface area contributed by atoms with Crippen molar-refractivity contribution in [3.05, 3.63) is 35.9 Å². The van der Waals surface area contributed by atoms with Gasteiger partial charge >= 0.3 is 6.18 Å². The molecule has 94 valence electrons. The van der Waals surface area contributed by atoms with Crippen LogP contribution in [0.3, 0.4) is 0 Å². The third-order valence-corrected chi connectivity index (χ3v) is 2.94. The van der Waals surface area contributed by atoms with E-state index in [4.69, 9.17) is 0 Å². The molecule has 1 aromatic carbocycles. The first-order chi connectivity index (χ1) is 8.09. The maximum absolute atomic E-state index is 13.1. The zero-order valence-corrected chi connectivity index (χ0v) is 9.37. The van der Waals surface area contributed by atoms with Gasteiger partial charge in [-0.3, -0.25) is 4.90 Å². The number of halogens is 3. The average Bonchev–Trinajstić information content (AvgIpc) is 2.30. The van der Waals surface area contributed by atoms with E-state index in [1.54, 1.807) is 30.3 Å². The summed E-state index contributed by atoms with van der Waals surface area (Å²) in [5, 5.41) is 3.06. The van der Waals surface area contributed by atoms with Crippen molar-refractivity contribution < 1.29 is 13.2 Å². The molecule has 1 N–H and O–H groups in total. The molecule has 2 rings (SSSR count). The van der Waals surface area contributed by atoms with E-state index in [-0.39, 0.29) is 0 Å². The van der Waals surface area contributed by atoms with Gasteiger partial charge in [0.05, 0.1) is 0 Å². The summed E-state index contributed by atoms with van der Waals surface area (Å²) >= 11 is 0. The number of alkyl halides is 3. The summed E-state index contributed by atoms with van der Waals surface area (Å²) in [6, 6.07) is 6.63. The SMILES string of the molecule is FC(F)(F)C(c1ccccc1)N1CCNCC1. The van der Waals surface area contributed by atoms with Crippen LogP contribution in [0.15, 0.2) is 30.3 Å². The summed E-state index contributed by atoms with van der Waals surface area (Å²) < 4.78 is 39.4. The highest BCUT2D eigenvalue weighted by Gasteiger charge is 2.44. The monoisotopic (exact) mass is 244 g/mol. The minimum atomic E-state index is -4.22. The summed E-state index contributed by atoms with van der Waals surface area (Å²) in [4.78, 5) is 1.49. The van der Waals surface area contributed by atoms with Gasteiger partial charge in [0.1, 0.15) is 6.04 Å². The standard InChI is InChI=1S/C12H15F3N2/c13-12(14,15)11(10-4-2-1-3-5-10)17-8-6-16-7-9-17/h1-5,11,16H,6-9H2. The Morgan fingerprint density at radius 3 is 2.18 bits per heavy atom. The molecule has 1 aromatic rings. The van der Waals surface area contributed by atoms with E-state index in [1.165, 1.54) is 4.90 Å². The molecule has 0 spiro atoms. The number of nitrogens with zero attached hydrogens (tertiary/aromatic N) is 1. The topological polar surface area (TPSA) is 15.3 Å². The quantitative estimate of drug-likeness (QED) is 0.858. The van der Waals surface area contributed by atoms with Crippen LogP contribution >= 0.6 is 0 Å². The van der Waals surface area contributed by atoms with Crippen LogP contribution in [0.2, 0.25) is 0 Å². The van der Waals surface area contributed by atoms with Crippen LogP contribution < -0.4 is 5.32 Å². The fourth-order valence-electron chi connectivity index (χ4n) is 2.18. The number of hydrogen-bond donors (Lipinski definition) is 1. The highest BCUT2D eigenvalue weighted by Crippen LogP contribution is 2.37. The minimum Gasteiger partial charge on any atom is -0.314 e. The predicted molar refractivity (Wildman–Crippen MR) is 59.7 cm³/mol. The number of benzene rings is 1. The molecule has 1 aliphatic rings. The van der Waals surface area contributed by atoms with Crippen molar-refractivity contribution in [3.8, 4) is 0 Å². The fourth-order valence-corrected chi connectivity index (χ4v) is 2.18. The molecule has 1 aliphatic heterocycles. The van der Waals surface area contributed by atoms with E-state index in [0.29, 0.717) is 31.7 Å². The molecular weight excluding hydrogens is 229 g/mol. The lowest BCUT2D eigenvalue weighted by molar-refractivity contribution is -0.187. The van der Waals surface area contributed by atoms with E-state index in [1.807, 2.05) is 0 Å². The Morgan fingerprint density at radius 2 is 1.65 bits per heavy atom. The van der Waals surface area contributed by atoms with Crippen molar-refractivity contribution in [1.29, 1.82) is 0 Å². The molecule has 2 nitrogen and oxygen atoms in total. The van der Waals surface area contributed by atoms with E-state index in [2.05, 4.69) is 5.32 Å². The summed E-state index contributed by atoms with van der Waals surface area (Å²) in [7, 11) is 0. The Morgan fingerprint density at radius 1 is 1.06 bits per heavy atom. The first-order valence-corrected chi connectivity index (χ1v) is 5.65. The van der Waals surface area contributed by atoms with Crippen LogP contribution in [0.25, 0.3) is 0 Å². The van der Waals surface area contributed by atoms with Gasteiger partial charge in [-0.1, -0.05) is 30.3 Å². The third kappa shape index (κ3) is 2.98. The summed E-state index contributed by atoms with van der Waals surface area (Å²) in [6.07, 6.45) is -4.22. The maximum Gasteiger partial charge on any atom is 0.408 e. The Hall–Kier alpha value is -1.07. The summed E-state index contributed by atoms with van der Waals surface area (Å²) in [6.45, 7) is 2.08. The highest BCUT2D eigenvalue weighted by atomic mass is 19.4. The lowest BCUT2D eigenvalue weighted by Gasteiger charge is -2.36. The second kappa shape index (κ2) is 5.06. The van der Waals surface area contributed by atoms with Crippen molar-refractivity contribution >= 4 is 0 Å². The molecule has 1 fully saturated rings. The molecule has 1 atom stereocenters. The lowest BCUT2D eigenvalue weighted by atomic mass is 10.0. The van der Waals surface area contributed by atoms with E-state index in [9.17, 15) is 13.2 Å². The van der Waals surface area contributed by atoms with Gasteiger partial charge in [-0.2, -0.15) is 13.2 Å². The number of piperazine rings is 1. The Labute approximate surface area is 98.4 Å². The molecule has 0 saturated carbocycles. The molecular formula is C12H15F3N2. The third-order valence-electron chi connectivity index (χ3n) is 2.94. The first-order valence-electron chi connectivity index (χ1n) is 5.65. The van der Waals surface area contributed by atoms with Crippen molar-refractivity contribution in [3.63, 3.8) is 0 Å². The smallest absolute Gasteiger partial charge is 0.314 e. The average molecular weight is 244 g/mol. The van der Waals surface area contributed by atoms with E-state index >= 15 is 0 Å². The molecule has 0 aliphatic carbocycles. The summed E-state index contributed by atoms with van der Waals surface area (Å²) in [5.74, 6) is 0. The molecule has 0 bridgehead atoms. The maximum atomic E-state index is 13.1. The minimum absolute atomic E-state index is 0.321. The first kappa shape index (κ1) is 12.4. The normalized spacial score (nSPS) is 20.2. The van der Waals surface area contributed by atoms with Gasteiger partial charge in [0, 0.05) is 26.2 Å². The van der Waals surface area contributed by atoms with Crippen LogP contribution in [-0.2, 0) is 0 Å². The van der Waals surface area contributed by atoms with Crippen molar-refractivity contribution in [2.75, 3.05) is 26.2 Å². The van der Waals surface area contributed by atoms with Gasteiger partial charge in [0.25, 0.3) is 0 Å². The van der Waals surface area contributed by atoms with E-state index in [0.717, 1.165) is 0 Å². The van der Waals surface area contributed by atoms with Crippen LogP contribution in [0, 0.1) is 0 Å². The molecule has 17 heavy (non-hydrogen) atoms. The molecule has 1 unspecified atom stereocenters. The van der Waals surface area contributed by atoms with Crippen LogP contribution in [-0.4, -0.2) is 37.3 Å². The summed E-state index contributed by atoms with van der Waals surface area (Å²) in [5.41, 5.74) is 0.321. The van der Waals surface area contributed by atoms with Gasteiger partial charge in [-0.05, 0) is 5.56 Å². The zero-order chi connectivity index (χ0) is 12.3. The van der Waals surface area contributed by atoms with Crippen molar-refractivity contribution in [1.82, 2.24) is 10.2 Å². The predicted octanol–water partition coefficient (Wildman–Crippen LogP) is 2.20. The number of hydrogen-bond acceptors (Lipinski definition) is 2. The van der Waals surface area contributed by atoms with Gasteiger partial charge in [-0.25, -0.2) is 0 Å². The van der Waals surface area contributed by atoms with E-state index < -0.39 is 12.2 Å². The second-order valence-corrected chi connectivity index (χ2v) is 4.14. The zero-order valence-electron chi connectivity index (χ0n) is 9.37. The Kier molecular flexibility index (Phi) is 3.69. The molecule has 0 radical (unpaired) electrons. The Bertz CT molecular complexity index is 345. The largest absolute Gasteiger partial charge is 0.408 e. The van der Waals surface area contributed by atoms with Crippen molar-refractivity contribution in [2.45, 2.75) is 12.2 Å². The van der Waals surface area contributed by atoms with Gasteiger partial charge < -0.3 is 5.32 Å². The molecule has 1 heterocycles. The van der Waals surface area contributed by atoms with Gasteiger partial charge in [-0.15, -0.1) is 0 Å². The number of nitrogens with one attached hydrogen (secondary N) is 1. The molecule has 1 saturated heterocycles. The molecule has 0 amide bonds. The number of rotatable bonds is 2. The highest BCUT2D eigenvalue weighted by molar-refractivity contribution is 5.20. The Balaban J connectivity index is 2.25.